The largest absolute Gasteiger partial charge is 0.444 e. The van der Waals surface area contributed by atoms with Gasteiger partial charge in [0.15, 0.2) is 5.58 Å². The fourth-order valence-electron chi connectivity index (χ4n) is 4.47. The predicted molar refractivity (Wildman–Crippen MR) is 152 cm³/mol. The lowest BCUT2D eigenvalue weighted by Crippen LogP contribution is -2.49. The van der Waals surface area contributed by atoms with E-state index < -0.39 is 5.60 Å². The number of piperazine rings is 1. The number of aromatic nitrogens is 1. The molecule has 1 saturated heterocycles. The van der Waals surface area contributed by atoms with Crippen molar-refractivity contribution >= 4 is 40.4 Å². The summed E-state index contributed by atoms with van der Waals surface area (Å²) in [6, 6.07) is 20.3. The number of oxazole rings is 1. The van der Waals surface area contributed by atoms with Gasteiger partial charge in [-0.1, -0.05) is 41.9 Å². The van der Waals surface area contributed by atoms with E-state index in [0.29, 0.717) is 46.4 Å². The van der Waals surface area contributed by atoms with Crippen molar-refractivity contribution in [2.24, 2.45) is 0 Å². The van der Waals surface area contributed by atoms with Crippen LogP contribution in [0.1, 0.15) is 36.7 Å². The molecule has 0 radical (unpaired) electrons. The average Bonchev–Trinajstić information content (AvgIpc) is 3.32. The number of para-hydroxylation sites is 1. The highest BCUT2D eigenvalue weighted by atomic mass is 35.5. The molecule has 0 atom stereocenters. The lowest BCUT2D eigenvalue weighted by atomic mass is 10.1. The molecule has 9 heteroatoms. The van der Waals surface area contributed by atoms with Gasteiger partial charge in [-0.3, -0.25) is 9.69 Å². The Bertz CT molecular complexity index is 1500. The van der Waals surface area contributed by atoms with Gasteiger partial charge in [-0.2, -0.15) is 0 Å². The van der Waals surface area contributed by atoms with Gasteiger partial charge in [0.1, 0.15) is 11.1 Å². The zero-order valence-electron chi connectivity index (χ0n) is 22.2. The second-order valence-electron chi connectivity index (χ2n) is 10.5. The van der Waals surface area contributed by atoms with Crippen molar-refractivity contribution < 1.29 is 18.7 Å². The molecule has 1 aromatic heterocycles. The van der Waals surface area contributed by atoms with Crippen LogP contribution in [0, 0.1) is 0 Å². The molecule has 2 heterocycles. The van der Waals surface area contributed by atoms with Gasteiger partial charge < -0.3 is 19.4 Å². The number of carbonyl (C=O) groups excluding carboxylic acids is 2. The number of halogens is 1. The van der Waals surface area contributed by atoms with E-state index in [2.05, 4.69) is 15.2 Å². The Hall–Kier alpha value is -3.88. The number of anilines is 1. The Labute approximate surface area is 232 Å². The first kappa shape index (κ1) is 26.7. The van der Waals surface area contributed by atoms with Crippen molar-refractivity contribution in [3.63, 3.8) is 0 Å². The van der Waals surface area contributed by atoms with E-state index in [1.165, 1.54) is 0 Å². The first-order valence-corrected chi connectivity index (χ1v) is 13.3. The topological polar surface area (TPSA) is 87.9 Å². The highest BCUT2D eigenvalue weighted by Crippen LogP contribution is 2.31. The molecule has 3 aromatic carbocycles. The van der Waals surface area contributed by atoms with Gasteiger partial charge >= 0.3 is 6.09 Å². The standard InChI is InChI=1S/C30H31ClN4O4/c1-30(2,3)39-29(37)35-16-14-34(15-17-35)19-20-12-13-25-26(18-20)38-28(33-25)22-9-5-7-11-24(22)32-27(36)21-8-4-6-10-23(21)31/h4-13,18H,14-17,19H2,1-3H3,(H,32,36). The van der Waals surface area contributed by atoms with Gasteiger partial charge in [0.25, 0.3) is 5.91 Å². The van der Waals surface area contributed by atoms with Gasteiger partial charge in [0.05, 0.1) is 21.8 Å². The molecule has 2 amide bonds. The van der Waals surface area contributed by atoms with E-state index in [1.807, 2.05) is 57.2 Å². The van der Waals surface area contributed by atoms with Crippen LogP contribution in [-0.4, -0.2) is 58.6 Å². The molecule has 8 nitrogen and oxygen atoms in total. The summed E-state index contributed by atoms with van der Waals surface area (Å²) in [6.45, 7) is 9.14. The number of hydrogen-bond acceptors (Lipinski definition) is 6. The summed E-state index contributed by atoms with van der Waals surface area (Å²) in [5, 5.41) is 3.32. The first-order valence-electron chi connectivity index (χ1n) is 12.9. The van der Waals surface area contributed by atoms with E-state index in [4.69, 9.17) is 20.8 Å². The predicted octanol–water partition coefficient (Wildman–Crippen LogP) is 6.45. The second-order valence-corrected chi connectivity index (χ2v) is 11.0. The molecular weight excluding hydrogens is 516 g/mol. The number of fused-ring (bicyclic) bond motifs is 1. The minimum atomic E-state index is -0.499. The summed E-state index contributed by atoms with van der Waals surface area (Å²) < 4.78 is 11.6. The summed E-state index contributed by atoms with van der Waals surface area (Å²) in [5.41, 5.74) is 3.64. The van der Waals surface area contributed by atoms with Crippen LogP contribution in [0.2, 0.25) is 5.02 Å². The minimum Gasteiger partial charge on any atom is -0.444 e. The van der Waals surface area contributed by atoms with Gasteiger partial charge in [-0.05, 0) is 62.7 Å². The molecule has 0 saturated carbocycles. The van der Waals surface area contributed by atoms with Crippen molar-refractivity contribution in [2.45, 2.75) is 32.9 Å². The lowest BCUT2D eigenvalue weighted by molar-refractivity contribution is 0.0139. The summed E-state index contributed by atoms with van der Waals surface area (Å²) in [5.74, 6) is 0.112. The monoisotopic (exact) mass is 546 g/mol. The zero-order valence-corrected chi connectivity index (χ0v) is 23.0. The number of amides is 2. The number of rotatable bonds is 5. The number of nitrogens with zero attached hydrogens (tertiary/aromatic N) is 3. The molecule has 1 aliphatic rings. The van der Waals surface area contributed by atoms with Crippen molar-refractivity contribution in [3.05, 3.63) is 82.9 Å². The molecule has 0 aliphatic carbocycles. The van der Waals surface area contributed by atoms with Crippen LogP contribution in [0.15, 0.2) is 71.1 Å². The van der Waals surface area contributed by atoms with Crippen LogP contribution in [0.5, 0.6) is 0 Å². The van der Waals surface area contributed by atoms with Crippen LogP contribution >= 0.6 is 11.6 Å². The molecule has 4 aromatic rings. The molecule has 1 fully saturated rings. The Balaban J connectivity index is 1.28. The van der Waals surface area contributed by atoms with E-state index in [1.54, 1.807) is 35.2 Å². The smallest absolute Gasteiger partial charge is 0.410 e. The molecule has 0 bridgehead atoms. The molecule has 0 spiro atoms. The van der Waals surface area contributed by atoms with Crippen LogP contribution in [0.25, 0.3) is 22.6 Å². The Morgan fingerprint density at radius 3 is 2.46 bits per heavy atom. The lowest BCUT2D eigenvalue weighted by Gasteiger charge is -2.35. The number of nitrogens with one attached hydrogen (secondary N) is 1. The van der Waals surface area contributed by atoms with Gasteiger partial charge in [-0.15, -0.1) is 0 Å². The average molecular weight is 547 g/mol. The molecular formula is C30H31ClN4O4. The highest BCUT2D eigenvalue weighted by Gasteiger charge is 2.26. The van der Waals surface area contributed by atoms with Crippen LogP contribution < -0.4 is 5.32 Å². The maximum atomic E-state index is 12.9. The van der Waals surface area contributed by atoms with Crippen LogP contribution in [-0.2, 0) is 11.3 Å². The summed E-state index contributed by atoms with van der Waals surface area (Å²) in [4.78, 5) is 34.0. The number of carbonyl (C=O) groups is 2. The van der Waals surface area contributed by atoms with Gasteiger partial charge in [0, 0.05) is 32.7 Å². The van der Waals surface area contributed by atoms with Gasteiger partial charge in [0.2, 0.25) is 5.89 Å². The fraction of sp³-hybridized carbons (Fsp3) is 0.300. The second kappa shape index (κ2) is 11.1. The Kier molecular flexibility index (Phi) is 7.59. The van der Waals surface area contributed by atoms with Crippen molar-refractivity contribution in [1.29, 1.82) is 0 Å². The SMILES string of the molecule is CC(C)(C)OC(=O)N1CCN(Cc2ccc3nc(-c4ccccc4NC(=O)c4ccccc4Cl)oc3c2)CC1. The maximum Gasteiger partial charge on any atom is 0.410 e. The summed E-state index contributed by atoms with van der Waals surface area (Å²) >= 11 is 6.21. The van der Waals surface area contributed by atoms with Crippen LogP contribution in [0.3, 0.4) is 0 Å². The third-order valence-electron chi connectivity index (χ3n) is 6.41. The molecule has 1 aliphatic heterocycles. The van der Waals surface area contributed by atoms with E-state index in [0.717, 1.165) is 30.7 Å². The molecule has 5 rings (SSSR count). The molecule has 1 N–H and O–H groups in total. The third kappa shape index (κ3) is 6.41. The summed E-state index contributed by atoms with van der Waals surface area (Å²) in [6.07, 6.45) is -0.263. The Morgan fingerprint density at radius 2 is 1.72 bits per heavy atom. The fourth-order valence-corrected chi connectivity index (χ4v) is 4.69. The van der Waals surface area contributed by atoms with Crippen molar-refractivity contribution in [1.82, 2.24) is 14.8 Å². The number of hydrogen-bond donors (Lipinski definition) is 1. The van der Waals surface area contributed by atoms with E-state index >= 15 is 0 Å². The van der Waals surface area contributed by atoms with Gasteiger partial charge in [-0.25, -0.2) is 9.78 Å². The number of ether oxygens (including phenoxy) is 1. The highest BCUT2D eigenvalue weighted by molar-refractivity contribution is 6.34. The first-order chi connectivity index (χ1) is 18.7. The molecule has 39 heavy (non-hydrogen) atoms. The Morgan fingerprint density at radius 1 is 1.00 bits per heavy atom. The van der Waals surface area contributed by atoms with E-state index in [-0.39, 0.29) is 12.0 Å². The van der Waals surface area contributed by atoms with Crippen molar-refractivity contribution in [3.8, 4) is 11.5 Å². The van der Waals surface area contributed by atoms with Crippen molar-refractivity contribution in [2.75, 3.05) is 31.5 Å². The quantitative estimate of drug-likeness (QED) is 0.309. The minimum absolute atomic E-state index is 0.263. The molecule has 0 unspecified atom stereocenters. The van der Waals surface area contributed by atoms with E-state index in [9.17, 15) is 9.59 Å². The number of benzene rings is 3. The molecule has 202 valence electrons. The normalized spacial score (nSPS) is 14.4. The third-order valence-corrected chi connectivity index (χ3v) is 6.74. The summed E-state index contributed by atoms with van der Waals surface area (Å²) in [7, 11) is 0. The zero-order chi connectivity index (χ0) is 27.6. The van der Waals surface area contributed by atoms with Crippen LogP contribution in [0.4, 0.5) is 10.5 Å². The maximum absolute atomic E-state index is 12.9.